The van der Waals surface area contributed by atoms with Crippen LogP contribution in [-0.4, -0.2) is 9.38 Å². The third kappa shape index (κ3) is 2.68. The van der Waals surface area contributed by atoms with Gasteiger partial charge in [-0.2, -0.15) is 0 Å². The summed E-state index contributed by atoms with van der Waals surface area (Å²) in [6, 6.07) is 12.6. The van der Waals surface area contributed by atoms with E-state index in [1.54, 1.807) is 0 Å². The minimum Gasteiger partial charge on any atom is -0.398 e. The van der Waals surface area contributed by atoms with Crippen LogP contribution in [0.5, 0.6) is 0 Å². The number of hydrogen-bond donors (Lipinski definition) is 2. The van der Waals surface area contributed by atoms with Gasteiger partial charge in [-0.3, -0.25) is 0 Å². The van der Waals surface area contributed by atoms with E-state index in [0.29, 0.717) is 5.92 Å². The Labute approximate surface area is 165 Å². The van der Waals surface area contributed by atoms with Gasteiger partial charge in [0.25, 0.3) is 0 Å². The van der Waals surface area contributed by atoms with Gasteiger partial charge in [-0.1, -0.05) is 55.5 Å². The van der Waals surface area contributed by atoms with Crippen LogP contribution in [0.25, 0.3) is 16.9 Å². The minimum atomic E-state index is -0.139. The molecule has 4 nitrogen and oxygen atoms in total. The van der Waals surface area contributed by atoms with Crippen LogP contribution in [0.15, 0.2) is 66.9 Å². The van der Waals surface area contributed by atoms with Gasteiger partial charge in [-0.05, 0) is 42.9 Å². The first-order valence-electron chi connectivity index (χ1n) is 10.1. The molecule has 2 aliphatic carbocycles. The highest BCUT2D eigenvalue weighted by Crippen LogP contribution is 2.41. The normalized spacial score (nSPS) is 23.1. The highest BCUT2D eigenvalue weighted by molar-refractivity contribution is 5.69. The van der Waals surface area contributed by atoms with Crippen LogP contribution in [0.3, 0.4) is 0 Å². The fourth-order valence-corrected chi connectivity index (χ4v) is 4.47. The first-order chi connectivity index (χ1) is 13.5. The van der Waals surface area contributed by atoms with E-state index in [1.165, 1.54) is 17.7 Å². The summed E-state index contributed by atoms with van der Waals surface area (Å²) in [7, 11) is 0. The van der Waals surface area contributed by atoms with Gasteiger partial charge in [0.2, 0.25) is 0 Å². The quantitative estimate of drug-likeness (QED) is 0.698. The molecule has 142 valence electrons. The molecule has 0 amide bonds. The first kappa shape index (κ1) is 17.3. The molecule has 1 aromatic carbocycles. The number of nitrogen functional groups attached to an aromatic ring is 1. The number of benzene rings is 1. The zero-order valence-corrected chi connectivity index (χ0v) is 16.2. The van der Waals surface area contributed by atoms with Crippen molar-refractivity contribution < 1.29 is 0 Å². The second-order valence-corrected chi connectivity index (χ2v) is 8.28. The number of allylic oxidation sites excluding steroid dienone is 4. The highest BCUT2D eigenvalue weighted by Gasteiger charge is 2.34. The number of fused-ring (bicyclic) bond motifs is 1. The summed E-state index contributed by atoms with van der Waals surface area (Å²) in [5, 5.41) is 0. The molecule has 28 heavy (non-hydrogen) atoms. The number of nitrogens with two attached hydrogens (primary N) is 2. The molecule has 3 aromatic rings. The summed E-state index contributed by atoms with van der Waals surface area (Å²) < 4.78 is 2.15. The van der Waals surface area contributed by atoms with Crippen molar-refractivity contribution in [1.82, 2.24) is 9.38 Å². The van der Waals surface area contributed by atoms with E-state index in [-0.39, 0.29) is 11.5 Å². The fourth-order valence-electron chi connectivity index (χ4n) is 4.47. The lowest BCUT2D eigenvalue weighted by Crippen LogP contribution is -2.43. The molecule has 2 aliphatic rings. The number of rotatable bonds is 3. The third-order valence-electron chi connectivity index (χ3n) is 6.38. The smallest absolute Gasteiger partial charge is 0.137 e. The number of hydrogen-bond acceptors (Lipinski definition) is 3. The number of aromatic nitrogens is 2. The molecule has 1 saturated carbocycles. The molecule has 4 N–H and O–H groups in total. The summed E-state index contributed by atoms with van der Waals surface area (Å²) in [4.78, 5) is 4.98. The van der Waals surface area contributed by atoms with Crippen molar-refractivity contribution in [2.75, 3.05) is 5.73 Å². The summed E-state index contributed by atoms with van der Waals surface area (Å²) >= 11 is 0. The van der Waals surface area contributed by atoms with E-state index in [0.717, 1.165) is 35.4 Å². The fraction of sp³-hybridized carbons (Fsp3) is 0.292. The monoisotopic (exact) mass is 370 g/mol. The number of nitrogens with zero attached hydrogens (tertiary/aromatic N) is 2. The van der Waals surface area contributed by atoms with Gasteiger partial charge in [0, 0.05) is 28.9 Å². The van der Waals surface area contributed by atoms with Crippen molar-refractivity contribution in [3.63, 3.8) is 0 Å². The van der Waals surface area contributed by atoms with Gasteiger partial charge in [0.15, 0.2) is 0 Å². The second kappa shape index (κ2) is 6.35. The van der Waals surface area contributed by atoms with Gasteiger partial charge in [0.05, 0.1) is 11.4 Å². The summed E-state index contributed by atoms with van der Waals surface area (Å²) in [6.07, 6.45) is 14.1. The molecule has 2 atom stereocenters. The molecule has 0 aliphatic heterocycles. The van der Waals surface area contributed by atoms with Gasteiger partial charge in [0.1, 0.15) is 5.65 Å². The average molecular weight is 371 g/mol. The van der Waals surface area contributed by atoms with Crippen molar-refractivity contribution in [2.24, 2.45) is 11.7 Å². The topological polar surface area (TPSA) is 69.3 Å². The van der Waals surface area contributed by atoms with Crippen molar-refractivity contribution in [3.8, 4) is 11.3 Å². The molecule has 2 heterocycles. The van der Waals surface area contributed by atoms with Crippen molar-refractivity contribution in [3.05, 3.63) is 78.2 Å². The molecular formula is C24H26N4. The lowest BCUT2D eigenvalue weighted by molar-refractivity contribution is 0.253. The van der Waals surface area contributed by atoms with E-state index in [4.69, 9.17) is 16.5 Å². The van der Waals surface area contributed by atoms with E-state index in [2.05, 4.69) is 59.9 Å². The maximum Gasteiger partial charge on any atom is 0.137 e. The molecule has 0 saturated heterocycles. The summed E-state index contributed by atoms with van der Waals surface area (Å²) in [5.41, 5.74) is 18.7. The maximum atomic E-state index is 6.51. The largest absolute Gasteiger partial charge is 0.398 e. The molecule has 2 unspecified atom stereocenters. The van der Waals surface area contributed by atoms with Crippen LogP contribution < -0.4 is 11.5 Å². The second-order valence-electron chi connectivity index (χ2n) is 8.28. The predicted molar refractivity (Wildman–Crippen MR) is 115 cm³/mol. The highest BCUT2D eigenvalue weighted by atomic mass is 15.0. The van der Waals surface area contributed by atoms with Crippen LogP contribution in [0.4, 0.5) is 5.69 Å². The first-order valence-corrected chi connectivity index (χ1v) is 10.1. The summed E-state index contributed by atoms with van der Waals surface area (Å²) in [6.45, 7) is 2.25. The van der Waals surface area contributed by atoms with Crippen LogP contribution in [-0.2, 0) is 5.54 Å². The number of pyridine rings is 1. The number of anilines is 1. The van der Waals surface area contributed by atoms with Gasteiger partial charge >= 0.3 is 0 Å². The average Bonchev–Trinajstić information content (AvgIpc) is 3.05. The van der Waals surface area contributed by atoms with Crippen LogP contribution in [0.1, 0.15) is 43.4 Å². The molecule has 5 rings (SSSR count). The van der Waals surface area contributed by atoms with Gasteiger partial charge in [-0.25, -0.2) is 4.98 Å². The Hall–Kier alpha value is -2.85. The van der Waals surface area contributed by atoms with Crippen molar-refractivity contribution >= 4 is 11.3 Å². The summed E-state index contributed by atoms with van der Waals surface area (Å²) in [5.74, 6) is 0.649. The third-order valence-corrected chi connectivity index (χ3v) is 6.38. The van der Waals surface area contributed by atoms with Crippen molar-refractivity contribution in [2.45, 2.75) is 37.6 Å². The van der Waals surface area contributed by atoms with E-state index in [9.17, 15) is 0 Å². The Bertz CT molecular complexity index is 1080. The molecular weight excluding hydrogens is 344 g/mol. The van der Waals surface area contributed by atoms with Crippen LogP contribution in [0.2, 0.25) is 0 Å². The van der Waals surface area contributed by atoms with Crippen LogP contribution >= 0.6 is 0 Å². The Morgan fingerprint density at radius 1 is 1.04 bits per heavy atom. The predicted octanol–water partition coefficient (Wildman–Crippen LogP) is 4.77. The Balaban J connectivity index is 1.65. The Morgan fingerprint density at radius 3 is 2.46 bits per heavy atom. The lowest BCUT2D eigenvalue weighted by atomic mass is 9.72. The Kier molecular flexibility index (Phi) is 3.91. The molecule has 0 bridgehead atoms. The molecule has 2 aromatic heterocycles. The number of imidazole rings is 1. The molecule has 1 fully saturated rings. The van der Waals surface area contributed by atoms with Crippen molar-refractivity contribution in [1.29, 1.82) is 0 Å². The van der Waals surface area contributed by atoms with Crippen LogP contribution in [0, 0.1) is 5.92 Å². The van der Waals surface area contributed by atoms with Gasteiger partial charge in [-0.15, -0.1) is 0 Å². The molecule has 0 spiro atoms. The zero-order valence-electron chi connectivity index (χ0n) is 16.2. The maximum absolute atomic E-state index is 6.51. The standard InChI is InChI=1S/C24H26N4/c1-16-5-2-3-6-20(16)23-22(27-21-12-11-19(25)15-28(21)23)17-7-9-18(10-8-17)24(26)13-4-14-24/h2-3,5-12,15-16,20H,4,13-14,25-26H2,1H3. The van der Waals surface area contributed by atoms with E-state index >= 15 is 0 Å². The van der Waals surface area contributed by atoms with E-state index < -0.39 is 0 Å². The molecule has 4 heteroatoms. The zero-order chi connectivity index (χ0) is 19.3. The minimum absolute atomic E-state index is 0.139. The van der Waals surface area contributed by atoms with Gasteiger partial charge < -0.3 is 15.9 Å². The lowest BCUT2D eigenvalue weighted by Gasteiger charge is -2.38. The Morgan fingerprint density at radius 2 is 1.79 bits per heavy atom. The SMILES string of the molecule is CC1C=CC=CC1c1c(-c2ccc(C3(N)CCC3)cc2)nc2ccc(N)cn12. The van der Waals surface area contributed by atoms with E-state index in [1.807, 2.05) is 18.3 Å². The molecule has 0 radical (unpaired) electrons.